The summed E-state index contributed by atoms with van der Waals surface area (Å²) in [5.41, 5.74) is 2.98. The number of benzene rings is 2. The number of rotatable bonds is 5. The molecule has 2 aromatic carbocycles. The molecule has 8 heteroatoms. The van der Waals surface area contributed by atoms with E-state index in [9.17, 15) is 23.1 Å². The molecule has 4 rings (SSSR count). The van der Waals surface area contributed by atoms with Crippen LogP contribution in [0.5, 0.6) is 0 Å². The molecule has 3 aromatic rings. The van der Waals surface area contributed by atoms with Gasteiger partial charge in [0.15, 0.2) is 9.84 Å². The van der Waals surface area contributed by atoms with E-state index in [1.54, 1.807) is 37.3 Å². The van der Waals surface area contributed by atoms with Gasteiger partial charge in [-0.05, 0) is 42.3 Å². The van der Waals surface area contributed by atoms with Gasteiger partial charge in [0.25, 0.3) is 5.91 Å². The lowest BCUT2D eigenvalue weighted by molar-refractivity contribution is -0.110. The molecule has 30 heavy (non-hydrogen) atoms. The summed E-state index contributed by atoms with van der Waals surface area (Å²) in [6.45, 7) is 1.64. The first-order valence-corrected chi connectivity index (χ1v) is 10.8. The van der Waals surface area contributed by atoms with Gasteiger partial charge in [-0.2, -0.15) is 0 Å². The van der Waals surface area contributed by atoms with E-state index in [0.717, 1.165) is 0 Å². The fourth-order valence-corrected chi connectivity index (χ4v) is 4.78. The van der Waals surface area contributed by atoms with E-state index < -0.39 is 15.8 Å². The molecular weight excluding hydrogens is 404 g/mol. The van der Waals surface area contributed by atoms with Crippen LogP contribution in [0.25, 0.3) is 11.6 Å². The zero-order chi connectivity index (χ0) is 21.5. The Balaban J connectivity index is 1.74. The van der Waals surface area contributed by atoms with Crippen LogP contribution in [0.4, 0.5) is 5.69 Å². The number of carboxylic acid groups (broad SMARTS) is 1. The first-order chi connectivity index (χ1) is 14.3. The SMILES string of the molecule is Cc1c(C(=O)O)c[nH]c1/C=C1\C(=O)Nc2ccc(S(=O)(=O)Cc3ccccc3)cc21. The van der Waals surface area contributed by atoms with Gasteiger partial charge < -0.3 is 15.4 Å². The van der Waals surface area contributed by atoms with Gasteiger partial charge in [-0.15, -0.1) is 0 Å². The number of carbonyl (C=O) groups excluding carboxylic acids is 1. The van der Waals surface area contributed by atoms with E-state index in [0.29, 0.717) is 28.1 Å². The molecule has 0 saturated carbocycles. The Morgan fingerprint density at radius 2 is 1.87 bits per heavy atom. The summed E-state index contributed by atoms with van der Waals surface area (Å²) in [5.74, 6) is -1.60. The third kappa shape index (κ3) is 3.53. The number of hydrogen-bond acceptors (Lipinski definition) is 4. The molecule has 0 bridgehead atoms. The van der Waals surface area contributed by atoms with E-state index >= 15 is 0 Å². The maximum absolute atomic E-state index is 12.9. The Bertz CT molecular complexity index is 1300. The zero-order valence-electron chi connectivity index (χ0n) is 16.0. The lowest BCUT2D eigenvalue weighted by Crippen LogP contribution is -2.05. The number of sulfone groups is 1. The Hall–Kier alpha value is -3.65. The highest BCUT2D eigenvalue weighted by atomic mass is 32.2. The molecule has 7 nitrogen and oxygen atoms in total. The molecule has 1 aliphatic heterocycles. The van der Waals surface area contributed by atoms with Crippen molar-refractivity contribution in [1.82, 2.24) is 4.98 Å². The van der Waals surface area contributed by atoms with Crippen LogP contribution in [0.2, 0.25) is 0 Å². The van der Waals surface area contributed by atoms with Crippen molar-refractivity contribution < 1.29 is 23.1 Å². The standard InChI is InChI=1S/C22H18N2O5S/c1-13-18(22(26)27)11-23-20(13)10-17-16-9-15(7-8-19(16)24-21(17)25)30(28,29)12-14-5-3-2-4-6-14/h2-11,23H,12H2,1H3,(H,24,25)(H,26,27)/b17-10-. The molecule has 1 aromatic heterocycles. The molecule has 0 aliphatic carbocycles. The number of nitrogens with one attached hydrogen (secondary N) is 2. The molecule has 2 heterocycles. The average Bonchev–Trinajstić information content (AvgIpc) is 3.22. The molecule has 3 N–H and O–H groups in total. The number of carbonyl (C=O) groups is 2. The minimum absolute atomic E-state index is 0.111. The Labute approximate surface area is 173 Å². The van der Waals surface area contributed by atoms with Gasteiger partial charge in [-0.3, -0.25) is 4.79 Å². The molecule has 0 atom stereocenters. The van der Waals surface area contributed by atoms with Gasteiger partial charge in [-0.25, -0.2) is 13.2 Å². The predicted octanol–water partition coefficient (Wildman–Crippen LogP) is 3.49. The van der Waals surface area contributed by atoms with Gasteiger partial charge in [0.2, 0.25) is 0 Å². The number of aromatic carboxylic acids is 1. The van der Waals surface area contributed by atoms with Crippen molar-refractivity contribution in [1.29, 1.82) is 0 Å². The maximum Gasteiger partial charge on any atom is 0.337 e. The van der Waals surface area contributed by atoms with Crippen molar-refractivity contribution in [3.63, 3.8) is 0 Å². The van der Waals surface area contributed by atoms with Crippen LogP contribution in [0.15, 0.2) is 59.6 Å². The predicted molar refractivity (Wildman–Crippen MR) is 113 cm³/mol. The van der Waals surface area contributed by atoms with Crippen molar-refractivity contribution in [3.8, 4) is 0 Å². The summed E-state index contributed by atoms with van der Waals surface area (Å²) >= 11 is 0. The molecule has 0 fully saturated rings. The van der Waals surface area contributed by atoms with E-state index in [-0.39, 0.29) is 27.7 Å². The van der Waals surface area contributed by atoms with Crippen LogP contribution in [-0.2, 0) is 20.4 Å². The summed E-state index contributed by atoms with van der Waals surface area (Å²) in [7, 11) is -3.62. The van der Waals surface area contributed by atoms with E-state index in [4.69, 9.17) is 0 Å². The van der Waals surface area contributed by atoms with Crippen molar-refractivity contribution >= 4 is 39.1 Å². The molecule has 152 valence electrons. The topological polar surface area (TPSA) is 116 Å². The van der Waals surface area contributed by atoms with Gasteiger partial charge >= 0.3 is 5.97 Å². The van der Waals surface area contributed by atoms with Gasteiger partial charge in [0, 0.05) is 23.1 Å². The molecule has 0 unspecified atom stereocenters. The monoisotopic (exact) mass is 422 g/mol. The number of amides is 1. The van der Waals surface area contributed by atoms with Gasteiger partial charge in [0.1, 0.15) is 0 Å². The van der Waals surface area contributed by atoms with E-state index in [2.05, 4.69) is 10.3 Å². The second kappa shape index (κ2) is 7.31. The fraction of sp³-hybridized carbons (Fsp3) is 0.0909. The van der Waals surface area contributed by atoms with Crippen LogP contribution >= 0.6 is 0 Å². The Kier molecular flexibility index (Phi) is 4.79. The number of aromatic nitrogens is 1. The number of anilines is 1. The average molecular weight is 422 g/mol. The number of H-pyrrole nitrogens is 1. The Morgan fingerprint density at radius 1 is 1.13 bits per heavy atom. The third-order valence-corrected chi connectivity index (χ3v) is 6.72. The minimum atomic E-state index is -3.62. The second-order valence-electron chi connectivity index (χ2n) is 7.01. The minimum Gasteiger partial charge on any atom is -0.478 e. The second-order valence-corrected chi connectivity index (χ2v) is 9.00. The lowest BCUT2D eigenvalue weighted by Gasteiger charge is -2.07. The van der Waals surface area contributed by atoms with E-state index in [1.165, 1.54) is 24.4 Å². The summed E-state index contributed by atoms with van der Waals surface area (Å²) in [4.78, 5) is 26.7. The van der Waals surface area contributed by atoms with Crippen LogP contribution in [0, 0.1) is 6.92 Å². The van der Waals surface area contributed by atoms with Crippen molar-refractivity contribution in [3.05, 3.63) is 82.7 Å². The summed E-state index contributed by atoms with van der Waals surface area (Å²) < 4.78 is 25.8. The summed E-state index contributed by atoms with van der Waals surface area (Å²) in [6, 6.07) is 13.4. The molecule has 1 amide bonds. The highest BCUT2D eigenvalue weighted by molar-refractivity contribution is 7.90. The maximum atomic E-state index is 12.9. The first-order valence-electron chi connectivity index (χ1n) is 9.11. The molecule has 0 spiro atoms. The summed E-state index contributed by atoms with van der Waals surface area (Å²) in [5, 5.41) is 11.9. The normalized spacial score (nSPS) is 14.6. The zero-order valence-corrected chi connectivity index (χ0v) is 16.8. The summed E-state index contributed by atoms with van der Waals surface area (Å²) in [6.07, 6.45) is 2.90. The molecular formula is C22H18N2O5S. The fourth-order valence-electron chi connectivity index (χ4n) is 3.41. The first kappa shape index (κ1) is 19.7. The molecule has 1 aliphatic rings. The Morgan fingerprint density at radius 3 is 2.53 bits per heavy atom. The van der Waals surface area contributed by atoms with Crippen LogP contribution in [0.3, 0.4) is 0 Å². The quantitative estimate of drug-likeness (QED) is 0.544. The van der Waals surface area contributed by atoms with Crippen molar-refractivity contribution in [2.45, 2.75) is 17.6 Å². The molecule has 0 radical (unpaired) electrons. The third-order valence-electron chi connectivity index (χ3n) is 5.03. The van der Waals surface area contributed by atoms with Crippen molar-refractivity contribution in [2.75, 3.05) is 5.32 Å². The van der Waals surface area contributed by atoms with Crippen LogP contribution in [0.1, 0.15) is 32.7 Å². The number of aromatic amines is 1. The van der Waals surface area contributed by atoms with Crippen LogP contribution < -0.4 is 5.32 Å². The lowest BCUT2D eigenvalue weighted by atomic mass is 10.0. The van der Waals surface area contributed by atoms with Gasteiger partial charge in [0.05, 0.1) is 21.8 Å². The van der Waals surface area contributed by atoms with Crippen LogP contribution in [-0.4, -0.2) is 30.4 Å². The van der Waals surface area contributed by atoms with Gasteiger partial charge in [-0.1, -0.05) is 30.3 Å². The van der Waals surface area contributed by atoms with Crippen molar-refractivity contribution in [2.24, 2.45) is 0 Å². The number of fused-ring (bicyclic) bond motifs is 1. The smallest absolute Gasteiger partial charge is 0.337 e. The largest absolute Gasteiger partial charge is 0.478 e. The number of hydrogen-bond donors (Lipinski definition) is 3. The highest BCUT2D eigenvalue weighted by Gasteiger charge is 2.27. The molecule has 0 saturated heterocycles. The highest BCUT2D eigenvalue weighted by Crippen LogP contribution is 2.35. The number of carboxylic acids is 1. The van der Waals surface area contributed by atoms with E-state index in [1.807, 2.05) is 6.07 Å².